The number of hydrogen-bond donors (Lipinski definition) is 1. The van der Waals surface area contributed by atoms with Gasteiger partial charge >= 0.3 is 0 Å². The van der Waals surface area contributed by atoms with E-state index in [2.05, 4.69) is 6.07 Å². The summed E-state index contributed by atoms with van der Waals surface area (Å²) in [5.41, 5.74) is 7.03. The molecule has 5 rings (SSSR count). The Hall–Kier alpha value is -2.50. The van der Waals surface area contributed by atoms with Crippen LogP contribution in [0.15, 0.2) is 24.3 Å². The van der Waals surface area contributed by atoms with Gasteiger partial charge in [-0.25, -0.2) is 4.39 Å². The molecule has 1 saturated carbocycles. The molecule has 0 spiro atoms. The second-order valence-corrected chi connectivity index (χ2v) is 9.13. The van der Waals surface area contributed by atoms with Gasteiger partial charge in [-0.3, -0.25) is 14.5 Å². The van der Waals surface area contributed by atoms with Crippen LogP contribution in [-0.4, -0.2) is 69.8 Å². The number of hydrogen-bond acceptors (Lipinski definition) is 5. The molecule has 1 aromatic rings. The number of amides is 2. The maximum absolute atomic E-state index is 13.6. The first-order chi connectivity index (χ1) is 14.4. The van der Waals surface area contributed by atoms with Gasteiger partial charge in [0.1, 0.15) is 11.9 Å². The first kappa shape index (κ1) is 19.5. The SMILES string of the molecule is C[C@H](c1cccc(F)c1)N1C(=O)[C@@H]2CC1CN2C[C@H](N)C(=O)N1[C@H](C#N)CC2C[C@@H]21. The van der Waals surface area contributed by atoms with E-state index >= 15 is 0 Å². The maximum Gasteiger partial charge on any atom is 0.242 e. The van der Waals surface area contributed by atoms with Crippen molar-refractivity contribution in [3.63, 3.8) is 0 Å². The number of rotatable bonds is 5. The number of carbonyl (C=O) groups excluding carboxylic acids is 2. The molecule has 4 aliphatic rings. The van der Waals surface area contributed by atoms with Crippen molar-refractivity contribution in [3.8, 4) is 6.07 Å². The maximum atomic E-state index is 13.6. The molecule has 3 aliphatic heterocycles. The second-order valence-electron chi connectivity index (χ2n) is 9.13. The van der Waals surface area contributed by atoms with Crippen molar-refractivity contribution in [3.05, 3.63) is 35.6 Å². The number of halogens is 1. The number of likely N-dealkylation sites (tertiary alicyclic amines) is 3. The predicted molar refractivity (Wildman–Crippen MR) is 106 cm³/mol. The van der Waals surface area contributed by atoms with Gasteiger partial charge < -0.3 is 15.5 Å². The zero-order chi connectivity index (χ0) is 21.2. The molecule has 7 atom stereocenters. The van der Waals surface area contributed by atoms with Crippen molar-refractivity contribution in [1.29, 1.82) is 5.26 Å². The second kappa shape index (κ2) is 7.03. The van der Waals surface area contributed by atoms with Crippen LogP contribution in [0.4, 0.5) is 4.39 Å². The fraction of sp³-hybridized carbons (Fsp3) is 0.591. The third-order valence-electron chi connectivity index (χ3n) is 7.32. The minimum absolute atomic E-state index is 0.0148. The summed E-state index contributed by atoms with van der Waals surface area (Å²) in [5.74, 6) is -0.0152. The van der Waals surface area contributed by atoms with Gasteiger partial charge in [0.15, 0.2) is 0 Å². The average molecular weight is 411 g/mol. The molecular weight excluding hydrogens is 385 g/mol. The Labute approximate surface area is 175 Å². The predicted octanol–water partition coefficient (Wildman–Crippen LogP) is 1.01. The van der Waals surface area contributed by atoms with E-state index in [0.29, 0.717) is 25.4 Å². The Morgan fingerprint density at radius 1 is 1.37 bits per heavy atom. The lowest BCUT2D eigenvalue weighted by Gasteiger charge is -2.38. The van der Waals surface area contributed by atoms with Crippen molar-refractivity contribution >= 4 is 11.8 Å². The van der Waals surface area contributed by atoms with Gasteiger partial charge in [-0.1, -0.05) is 12.1 Å². The molecule has 2 N–H and O–H groups in total. The zero-order valence-corrected chi connectivity index (χ0v) is 16.9. The molecule has 0 aromatic heterocycles. The molecular formula is C22H26FN5O2. The highest BCUT2D eigenvalue weighted by atomic mass is 19.1. The van der Waals surface area contributed by atoms with Crippen molar-refractivity contribution in [1.82, 2.24) is 14.7 Å². The summed E-state index contributed by atoms with van der Waals surface area (Å²) in [6.07, 6.45) is 2.42. The lowest BCUT2D eigenvalue weighted by atomic mass is 10.1. The molecule has 7 nitrogen and oxygen atoms in total. The van der Waals surface area contributed by atoms with Gasteiger partial charge in [0.2, 0.25) is 11.8 Å². The first-order valence-electron chi connectivity index (χ1n) is 10.7. The number of nitriles is 1. The fourth-order valence-corrected chi connectivity index (χ4v) is 5.74. The van der Waals surface area contributed by atoms with Crippen molar-refractivity contribution in [2.45, 2.75) is 62.4 Å². The lowest BCUT2D eigenvalue weighted by Crippen LogP contribution is -2.57. The number of carbonyl (C=O) groups is 2. The minimum atomic E-state index is -0.735. The molecule has 3 saturated heterocycles. The number of benzene rings is 1. The molecule has 1 aliphatic carbocycles. The summed E-state index contributed by atoms with van der Waals surface area (Å²) in [7, 11) is 0. The van der Waals surface area contributed by atoms with E-state index < -0.39 is 6.04 Å². The topological polar surface area (TPSA) is 93.7 Å². The van der Waals surface area contributed by atoms with Gasteiger partial charge in [0.25, 0.3) is 0 Å². The highest BCUT2D eigenvalue weighted by Crippen LogP contribution is 2.48. The molecule has 158 valence electrons. The highest BCUT2D eigenvalue weighted by Gasteiger charge is 2.56. The molecule has 30 heavy (non-hydrogen) atoms. The normalized spacial score (nSPS) is 34.1. The fourth-order valence-electron chi connectivity index (χ4n) is 5.74. The number of nitrogens with zero attached hydrogens (tertiary/aromatic N) is 4. The Bertz CT molecular complexity index is 932. The van der Waals surface area contributed by atoms with E-state index in [-0.39, 0.29) is 47.8 Å². The lowest BCUT2D eigenvalue weighted by molar-refractivity contribution is -0.141. The van der Waals surface area contributed by atoms with E-state index in [9.17, 15) is 19.2 Å². The van der Waals surface area contributed by atoms with Crippen LogP contribution in [0.1, 0.15) is 37.8 Å². The standard InChI is InChI=1S/C22H26FN5O2/c1-12(13-3-2-4-15(23)5-13)27-17-8-20(22(27)30)26(10-17)11-18(25)21(29)28-16(9-24)6-14-7-19(14)28/h2-5,12,14,16-20H,6-8,10-11,25H2,1H3/t12-,14?,16+,17?,18+,19+,20+/m1/s1. The van der Waals surface area contributed by atoms with Gasteiger partial charge in [-0.15, -0.1) is 0 Å². The monoisotopic (exact) mass is 411 g/mol. The molecule has 4 fully saturated rings. The quantitative estimate of drug-likeness (QED) is 0.781. The molecule has 3 heterocycles. The first-order valence-corrected chi connectivity index (χ1v) is 10.7. The molecule has 2 bridgehead atoms. The van der Waals surface area contributed by atoms with Crippen LogP contribution >= 0.6 is 0 Å². The summed E-state index contributed by atoms with van der Waals surface area (Å²) in [6.45, 7) is 2.90. The molecule has 2 unspecified atom stereocenters. The molecule has 0 radical (unpaired) electrons. The summed E-state index contributed by atoms with van der Waals surface area (Å²) in [4.78, 5) is 31.5. The van der Waals surface area contributed by atoms with E-state index in [1.807, 2.05) is 22.8 Å². The Balaban J connectivity index is 1.24. The minimum Gasteiger partial charge on any atom is -0.330 e. The van der Waals surface area contributed by atoms with Crippen LogP contribution < -0.4 is 5.73 Å². The van der Waals surface area contributed by atoms with Crippen LogP contribution in [0.3, 0.4) is 0 Å². The zero-order valence-electron chi connectivity index (χ0n) is 16.9. The molecule has 1 aromatic carbocycles. The van der Waals surface area contributed by atoms with Crippen LogP contribution in [0.25, 0.3) is 0 Å². The smallest absolute Gasteiger partial charge is 0.242 e. The third kappa shape index (κ3) is 2.99. The van der Waals surface area contributed by atoms with E-state index in [1.54, 1.807) is 11.0 Å². The number of fused-ring (bicyclic) bond motifs is 3. The highest BCUT2D eigenvalue weighted by molar-refractivity contribution is 5.87. The Kier molecular flexibility index (Phi) is 4.56. The van der Waals surface area contributed by atoms with Crippen LogP contribution in [0.2, 0.25) is 0 Å². The van der Waals surface area contributed by atoms with Crippen LogP contribution in [-0.2, 0) is 9.59 Å². The number of piperazine rings is 1. The van der Waals surface area contributed by atoms with Crippen LogP contribution in [0.5, 0.6) is 0 Å². The van der Waals surface area contributed by atoms with E-state index in [0.717, 1.165) is 18.4 Å². The van der Waals surface area contributed by atoms with E-state index in [4.69, 9.17) is 5.73 Å². The summed E-state index contributed by atoms with van der Waals surface area (Å²) in [6, 6.07) is 7.22. The van der Waals surface area contributed by atoms with Gasteiger partial charge in [-0.2, -0.15) is 5.26 Å². The number of piperidine rings is 1. The van der Waals surface area contributed by atoms with Crippen molar-refractivity contribution < 1.29 is 14.0 Å². The summed E-state index contributed by atoms with van der Waals surface area (Å²) < 4.78 is 13.6. The van der Waals surface area contributed by atoms with Gasteiger partial charge in [0, 0.05) is 25.2 Å². The molecule has 8 heteroatoms. The van der Waals surface area contributed by atoms with E-state index in [1.165, 1.54) is 12.1 Å². The summed E-state index contributed by atoms with van der Waals surface area (Å²) >= 11 is 0. The largest absolute Gasteiger partial charge is 0.330 e. The van der Waals surface area contributed by atoms with Crippen molar-refractivity contribution in [2.75, 3.05) is 13.1 Å². The van der Waals surface area contributed by atoms with Crippen LogP contribution in [0, 0.1) is 23.1 Å². The van der Waals surface area contributed by atoms with Gasteiger partial charge in [0.05, 0.1) is 24.2 Å². The third-order valence-corrected chi connectivity index (χ3v) is 7.32. The Morgan fingerprint density at radius 3 is 2.87 bits per heavy atom. The van der Waals surface area contributed by atoms with Gasteiger partial charge in [-0.05, 0) is 49.8 Å². The molecule has 2 amide bonds. The summed E-state index contributed by atoms with van der Waals surface area (Å²) in [5, 5.41) is 9.33. The average Bonchev–Trinajstić information content (AvgIpc) is 3.06. The van der Waals surface area contributed by atoms with Crippen molar-refractivity contribution in [2.24, 2.45) is 11.7 Å². The number of nitrogens with two attached hydrogens (primary N) is 1. The Morgan fingerprint density at radius 2 is 2.17 bits per heavy atom.